The summed E-state index contributed by atoms with van der Waals surface area (Å²) in [5.74, 6) is 2.52. The Kier molecular flexibility index (Phi) is 4.48. The lowest BCUT2D eigenvalue weighted by Gasteiger charge is -2.32. The average molecular weight is 350 g/mol. The predicted molar refractivity (Wildman–Crippen MR) is 99.7 cm³/mol. The molecule has 0 radical (unpaired) electrons. The topological polar surface area (TPSA) is 61.2 Å². The highest BCUT2D eigenvalue weighted by Gasteiger charge is 2.30. The van der Waals surface area contributed by atoms with Gasteiger partial charge >= 0.3 is 0 Å². The maximum absolute atomic E-state index is 5.56. The van der Waals surface area contributed by atoms with Gasteiger partial charge in [-0.25, -0.2) is 4.68 Å². The number of nitrogens with one attached hydrogen (secondary N) is 1. The molecule has 3 aromatic rings. The highest BCUT2D eigenvalue weighted by atomic mass is 16.5. The van der Waals surface area contributed by atoms with Crippen LogP contribution in [0.1, 0.15) is 36.6 Å². The molecule has 0 fully saturated rings. The highest BCUT2D eigenvalue weighted by molar-refractivity contribution is 5.41. The third-order valence-electron chi connectivity index (χ3n) is 4.70. The minimum Gasteiger partial charge on any atom is -0.497 e. The summed E-state index contributed by atoms with van der Waals surface area (Å²) in [7, 11) is 1.69. The van der Waals surface area contributed by atoms with Crippen molar-refractivity contribution in [1.82, 2.24) is 14.8 Å². The number of fused-ring (bicyclic) bond motifs is 1. The normalized spacial score (nSPS) is 18.7. The molecule has 0 spiro atoms. The SMILES string of the molecule is CCOc1ccc([C@@H]2C[C@@H](c3cccc(OC)c3)Nc3ncnn32)cc1. The first kappa shape index (κ1) is 16.4. The monoisotopic (exact) mass is 350 g/mol. The fraction of sp³-hybridized carbons (Fsp3) is 0.300. The smallest absolute Gasteiger partial charge is 0.222 e. The Bertz CT molecular complexity index is 876. The van der Waals surface area contributed by atoms with E-state index in [1.165, 1.54) is 11.1 Å². The van der Waals surface area contributed by atoms with E-state index in [4.69, 9.17) is 9.47 Å². The van der Waals surface area contributed by atoms with Crippen molar-refractivity contribution >= 4 is 5.95 Å². The second-order valence-corrected chi connectivity index (χ2v) is 6.26. The average Bonchev–Trinajstić information content (AvgIpc) is 3.17. The van der Waals surface area contributed by atoms with Crippen molar-refractivity contribution < 1.29 is 9.47 Å². The van der Waals surface area contributed by atoms with E-state index in [0.29, 0.717) is 6.61 Å². The molecule has 0 unspecified atom stereocenters. The van der Waals surface area contributed by atoms with Gasteiger partial charge in [0.25, 0.3) is 0 Å². The molecule has 1 aliphatic rings. The van der Waals surface area contributed by atoms with Crippen LogP contribution < -0.4 is 14.8 Å². The molecular formula is C20H22N4O2. The summed E-state index contributed by atoms with van der Waals surface area (Å²) >= 11 is 0. The van der Waals surface area contributed by atoms with Gasteiger partial charge < -0.3 is 14.8 Å². The molecule has 0 amide bonds. The zero-order valence-electron chi connectivity index (χ0n) is 14.9. The van der Waals surface area contributed by atoms with Crippen molar-refractivity contribution in [2.75, 3.05) is 19.0 Å². The van der Waals surface area contributed by atoms with Gasteiger partial charge in [-0.3, -0.25) is 0 Å². The Morgan fingerprint density at radius 1 is 1.12 bits per heavy atom. The molecule has 26 heavy (non-hydrogen) atoms. The van der Waals surface area contributed by atoms with Crippen LogP contribution in [-0.2, 0) is 0 Å². The van der Waals surface area contributed by atoms with E-state index in [0.717, 1.165) is 23.9 Å². The Morgan fingerprint density at radius 2 is 1.96 bits per heavy atom. The molecule has 1 aromatic heterocycles. The first-order chi connectivity index (χ1) is 12.8. The quantitative estimate of drug-likeness (QED) is 0.758. The van der Waals surface area contributed by atoms with E-state index < -0.39 is 0 Å². The fourth-order valence-electron chi connectivity index (χ4n) is 3.43. The molecule has 1 aliphatic heterocycles. The Hall–Kier alpha value is -3.02. The second kappa shape index (κ2) is 7.07. The van der Waals surface area contributed by atoms with Gasteiger partial charge in [0.05, 0.1) is 25.8 Å². The lowest BCUT2D eigenvalue weighted by Crippen LogP contribution is -2.28. The molecular weight excluding hydrogens is 328 g/mol. The van der Waals surface area contributed by atoms with Crippen molar-refractivity contribution in [2.24, 2.45) is 0 Å². The third kappa shape index (κ3) is 3.10. The lowest BCUT2D eigenvalue weighted by atomic mass is 9.93. The number of benzene rings is 2. The number of hydrogen-bond acceptors (Lipinski definition) is 5. The summed E-state index contributed by atoms with van der Waals surface area (Å²) in [6.45, 7) is 2.65. The summed E-state index contributed by atoms with van der Waals surface area (Å²) < 4.78 is 12.9. The third-order valence-corrected chi connectivity index (χ3v) is 4.70. The number of aromatic nitrogens is 3. The van der Waals surface area contributed by atoms with Crippen LogP contribution in [0, 0.1) is 0 Å². The molecule has 1 N–H and O–H groups in total. The van der Waals surface area contributed by atoms with E-state index >= 15 is 0 Å². The molecule has 2 aromatic carbocycles. The lowest BCUT2D eigenvalue weighted by molar-refractivity contribution is 0.340. The van der Waals surface area contributed by atoms with Crippen LogP contribution in [0.25, 0.3) is 0 Å². The second-order valence-electron chi connectivity index (χ2n) is 6.26. The maximum Gasteiger partial charge on any atom is 0.222 e. The number of methoxy groups -OCH3 is 1. The van der Waals surface area contributed by atoms with Gasteiger partial charge in [-0.15, -0.1) is 0 Å². The number of nitrogens with zero attached hydrogens (tertiary/aromatic N) is 3. The van der Waals surface area contributed by atoms with Crippen LogP contribution >= 0.6 is 0 Å². The molecule has 6 nitrogen and oxygen atoms in total. The molecule has 6 heteroatoms. The zero-order valence-corrected chi connectivity index (χ0v) is 14.9. The molecule has 0 aliphatic carbocycles. The van der Waals surface area contributed by atoms with Gasteiger partial charge in [0.2, 0.25) is 5.95 Å². The minimum absolute atomic E-state index is 0.112. The van der Waals surface area contributed by atoms with Crippen LogP contribution in [0.5, 0.6) is 11.5 Å². The first-order valence-corrected chi connectivity index (χ1v) is 8.81. The van der Waals surface area contributed by atoms with Crippen LogP contribution in [0.2, 0.25) is 0 Å². The number of anilines is 1. The summed E-state index contributed by atoms with van der Waals surface area (Å²) in [6, 6.07) is 16.6. The molecule has 0 saturated heterocycles. The Morgan fingerprint density at radius 3 is 2.73 bits per heavy atom. The number of rotatable bonds is 5. The number of hydrogen-bond donors (Lipinski definition) is 1. The van der Waals surface area contributed by atoms with E-state index in [2.05, 4.69) is 39.7 Å². The van der Waals surface area contributed by atoms with Gasteiger partial charge in [-0.05, 0) is 48.7 Å². The van der Waals surface area contributed by atoms with E-state index in [1.54, 1.807) is 13.4 Å². The molecule has 0 bridgehead atoms. The molecule has 2 heterocycles. The first-order valence-electron chi connectivity index (χ1n) is 8.81. The van der Waals surface area contributed by atoms with Gasteiger partial charge in [0.15, 0.2) is 0 Å². The summed E-state index contributed by atoms with van der Waals surface area (Å²) in [4.78, 5) is 4.38. The Balaban J connectivity index is 1.66. The van der Waals surface area contributed by atoms with Crippen molar-refractivity contribution in [2.45, 2.75) is 25.4 Å². The fourth-order valence-corrected chi connectivity index (χ4v) is 3.43. The van der Waals surface area contributed by atoms with Crippen LogP contribution in [0.4, 0.5) is 5.95 Å². The zero-order chi connectivity index (χ0) is 17.9. The molecule has 2 atom stereocenters. The predicted octanol–water partition coefficient (Wildman–Crippen LogP) is 3.83. The van der Waals surface area contributed by atoms with E-state index in [1.807, 2.05) is 35.9 Å². The largest absolute Gasteiger partial charge is 0.497 e. The summed E-state index contributed by atoms with van der Waals surface area (Å²) in [6.07, 6.45) is 2.47. The molecule has 134 valence electrons. The van der Waals surface area contributed by atoms with Crippen molar-refractivity contribution in [3.8, 4) is 11.5 Å². The van der Waals surface area contributed by atoms with Crippen LogP contribution in [0.15, 0.2) is 54.9 Å². The standard InChI is InChI=1S/C20H22N4O2/c1-3-26-16-9-7-14(8-10-16)19-12-18(23-20-21-13-22-24(19)20)15-5-4-6-17(11-15)25-2/h4-11,13,18-19H,3,12H2,1-2H3,(H,21,22,23)/t18-,19-/m0/s1. The van der Waals surface area contributed by atoms with Crippen molar-refractivity contribution in [1.29, 1.82) is 0 Å². The maximum atomic E-state index is 5.56. The van der Waals surface area contributed by atoms with Crippen LogP contribution in [0.3, 0.4) is 0 Å². The summed E-state index contributed by atoms with van der Waals surface area (Å²) in [5.41, 5.74) is 2.36. The minimum atomic E-state index is 0.112. The van der Waals surface area contributed by atoms with Gasteiger partial charge in [0, 0.05) is 0 Å². The number of ether oxygens (including phenoxy) is 2. The summed E-state index contributed by atoms with van der Waals surface area (Å²) in [5, 5.41) is 7.91. The Labute approximate surface area is 152 Å². The van der Waals surface area contributed by atoms with Crippen molar-refractivity contribution in [3.63, 3.8) is 0 Å². The van der Waals surface area contributed by atoms with Gasteiger partial charge in [0.1, 0.15) is 17.8 Å². The van der Waals surface area contributed by atoms with Gasteiger partial charge in [-0.2, -0.15) is 10.1 Å². The van der Waals surface area contributed by atoms with E-state index in [-0.39, 0.29) is 12.1 Å². The van der Waals surface area contributed by atoms with Crippen LogP contribution in [-0.4, -0.2) is 28.5 Å². The molecule has 4 rings (SSSR count). The molecule has 0 saturated carbocycles. The van der Waals surface area contributed by atoms with Crippen molar-refractivity contribution in [3.05, 3.63) is 66.0 Å². The van der Waals surface area contributed by atoms with Gasteiger partial charge in [-0.1, -0.05) is 24.3 Å². The van der Waals surface area contributed by atoms with E-state index in [9.17, 15) is 0 Å². The highest BCUT2D eigenvalue weighted by Crippen LogP contribution is 2.38.